The lowest BCUT2D eigenvalue weighted by Crippen LogP contribution is -2.39. The second-order valence-corrected chi connectivity index (χ2v) is 4.88. The van der Waals surface area contributed by atoms with E-state index in [0.717, 1.165) is 0 Å². The van der Waals surface area contributed by atoms with Crippen LogP contribution in [0.2, 0.25) is 5.02 Å². The van der Waals surface area contributed by atoms with Crippen LogP contribution in [-0.4, -0.2) is 24.0 Å². The van der Waals surface area contributed by atoms with E-state index in [0.29, 0.717) is 5.02 Å². The predicted molar refractivity (Wildman–Crippen MR) is 74.0 cm³/mol. The Balaban J connectivity index is 2.74. The van der Waals surface area contributed by atoms with E-state index >= 15 is 0 Å². The van der Waals surface area contributed by atoms with E-state index in [-0.39, 0.29) is 23.2 Å². The molecule has 0 spiro atoms. The third kappa shape index (κ3) is 4.44. The fourth-order valence-corrected chi connectivity index (χ4v) is 1.56. The minimum absolute atomic E-state index is 0.0232. The molecule has 0 fully saturated rings. The van der Waals surface area contributed by atoms with Crippen LogP contribution in [0.3, 0.4) is 0 Å². The molecule has 1 aromatic carbocycles. The molecule has 0 aromatic heterocycles. The average molecular weight is 285 g/mol. The van der Waals surface area contributed by atoms with Crippen molar-refractivity contribution in [2.45, 2.75) is 32.9 Å². The zero-order chi connectivity index (χ0) is 14.6. The molecule has 1 aromatic rings. The number of esters is 1. The Morgan fingerprint density at radius 1 is 1.32 bits per heavy atom. The second-order valence-electron chi connectivity index (χ2n) is 4.44. The molecule has 0 aliphatic rings. The molecule has 1 rings (SSSR count). The van der Waals surface area contributed by atoms with Gasteiger partial charge < -0.3 is 15.8 Å². The van der Waals surface area contributed by atoms with Crippen LogP contribution in [0.4, 0.5) is 5.69 Å². The van der Waals surface area contributed by atoms with Crippen LogP contribution in [0, 0.1) is 0 Å². The molecule has 0 radical (unpaired) electrons. The SMILES string of the molecule is CC(C)NC(=O)C(C)OC(=O)c1cc(Cl)ccc1N. The van der Waals surface area contributed by atoms with Gasteiger partial charge in [-0.25, -0.2) is 4.79 Å². The lowest BCUT2D eigenvalue weighted by molar-refractivity contribution is -0.129. The van der Waals surface area contributed by atoms with Crippen LogP contribution >= 0.6 is 11.6 Å². The lowest BCUT2D eigenvalue weighted by atomic mass is 10.2. The van der Waals surface area contributed by atoms with Gasteiger partial charge in [0.25, 0.3) is 5.91 Å². The third-order valence-electron chi connectivity index (χ3n) is 2.32. The van der Waals surface area contributed by atoms with Crippen molar-refractivity contribution in [3.05, 3.63) is 28.8 Å². The van der Waals surface area contributed by atoms with Gasteiger partial charge in [0.2, 0.25) is 0 Å². The highest BCUT2D eigenvalue weighted by atomic mass is 35.5. The van der Waals surface area contributed by atoms with Crippen molar-refractivity contribution in [2.75, 3.05) is 5.73 Å². The van der Waals surface area contributed by atoms with E-state index in [9.17, 15) is 9.59 Å². The summed E-state index contributed by atoms with van der Waals surface area (Å²) in [6, 6.07) is 4.47. The molecule has 1 amide bonds. The van der Waals surface area contributed by atoms with Crippen molar-refractivity contribution in [1.29, 1.82) is 0 Å². The number of anilines is 1. The molecule has 0 aliphatic heterocycles. The zero-order valence-corrected chi connectivity index (χ0v) is 11.8. The largest absolute Gasteiger partial charge is 0.449 e. The van der Waals surface area contributed by atoms with Gasteiger partial charge in [0.1, 0.15) is 0 Å². The van der Waals surface area contributed by atoms with Crippen LogP contribution in [0.5, 0.6) is 0 Å². The van der Waals surface area contributed by atoms with E-state index in [1.807, 2.05) is 13.8 Å². The van der Waals surface area contributed by atoms with Gasteiger partial charge in [-0.15, -0.1) is 0 Å². The van der Waals surface area contributed by atoms with Crippen molar-refractivity contribution in [3.8, 4) is 0 Å². The van der Waals surface area contributed by atoms with Crippen LogP contribution in [0.25, 0.3) is 0 Å². The first-order chi connectivity index (χ1) is 8.81. The molecule has 104 valence electrons. The number of nitrogen functional groups attached to an aromatic ring is 1. The van der Waals surface area contributed by atoms with Crippen molar-refractivity contribution in [3.63, 3.8) is 0 Å². The smallest absolute Gasteiger partial charge is 0.341 e. The summed E-state index contributed by atoms with van der Waals surface area (Å²) in [7, 11) is 0. The summed E-state index contributed by atoms with van der Waals surface area (Å²) in [5, 5.41) is 3.03. The third-order valence-corrected chi connectivity index (χ3v) is 2.55. The van der Waals surface area contributed by atoms with Crippen LogP contribution < -0.4 is 11.1 Å². The van der Waals surface area contributed by atoms with E-state index < -0.39 is 12.1 Å². The Bertz CT molecular complexity index is 489. The summed E-state index contributed by atoms with van der Waals surface area (Å²) in [5.74, 6) is -1.03. The van der Waals surface area contributed by atoms with Gasteiger partial charge in [-0.3, -0.25) is 4.79 Å². The minimum Gasteiger partial charge on any atom is -0.449 e. The Morgan fingerprint density at radius 3 is 2.53 bits per heavy atom. The minimum atomic E-state index is -0.895. The number of rotatable bonds is 4. The van der Waals surface area contributed by atoms with Crippen molar-refractivity contribution >= 4 is 29.2 Å². The Labute approximate surface area is 117 Å². The van der Waals surface area contributed by atoms with E-state index in [1.54, 1.807) is 6.07 Å². The second kappa shape index (κ2) is 6.43. The van der Waals surface area contributed by atoms with Crippen LogP contribution in [0.15, 0.2) is 18.2 Å². The highest BCUT2D eigenvalue weighted by Crippen LogP contribution is 2.19. The monoisotopic (exact) mass is 284 g/mol. The molecule has 5 nitrogen and oxygen atoms in total. The molecular formula is C13H17ClN2O3. The van der Waals surface area contributed by atoms with Crippen molar-refractivity contribution in [2.24, 2.45) is 0 Å². The van der Waals surface area contributed by atoms with Gasteiger partial charge in [0, 0.05) is 16.8 Å². The Hall–Kier alpha value is -1.75. The number of ether oxygens (including phenoxy) is 1. The van der Waals surface area contributed by atoms with E-state index in [4.69, 9.17) is 22.1 Å². The van der Waals surface area contributed by atoms with Gasteiger partial charge in [0.15, 0.2) is 6.10 Å². The van der Waals surface area contributed by atoms with Gasteiger partial charge in [-0.2, -0.15) is 0 Å². The van der Waals surface area contributed by atoms with Crippen LogP contribution in [-0.2, 0) is 9.53 Å². The molecule has 0 aliphatic carbocycles. The highest BCUT2D eigenvalue weighted by Gasteiger charge is 2.20. The van der Waals surface area contributed by atoms with Crippen molar-refractivity contribution < 1.29 is 14.3 Å². The van der Waals surface area contributed by atoms with Crippen LogP contribution in [0.1, 0.15) is 31.1 Å². The van der Waals surface area contributed by atoms with E-state index in [2.05, 4.69) is 5.32 Å². The molecule has 1 unspecified atom stereocenters. The fraction of sp³-hybridized carbons (Fsp3) is 0.385. The first kappa shape index (κ1) is 15.3. The van der Waals surface area contributed by atoms with Gasteiger partial charge in [0.05, 0.1) is 5.56 Å². The topological polar surface area (TPSA) is 81.4 Å². The molecule has 1 atom stereocenters. The lowest BCUT2D eigenvalue weighted by Gasteiger charge is -2.16. The predicted octanol–water partition coefficient (Wildman–Crippen LogP) is 1.99. The Kier molecular flexibility index (Phi) is 5.18. The first-order valence-corrected chi connectivity index (χ1v) is 6.25. The standard InChI is InChI=1S/C13H17ClN2O3/c1-7(2)16-12(17)8(3)19-13(18)10-6-9(14)4-5-11(10)15/h4-8H,15H2,1-3H3,(H,16,17). The maximum Gasteiger partial charge on any atom is 0.341 e. The summed E-state index contributed by atoms with van der Waals surface area (Å²) in [5.41, 5.74) is 6.07. The van der Waals surface area contributed by atoms with Crippen molar-refractivity contribution in [1.82, 2.24) is 5.32 Å². The number of carbonyl (C=O) groups excluding carboxylic acids is 2. The number of nitrogens with one attached hydrogen (secondary N) is 1. The molecule has 0 saturated heterocycles. The maximum absolute atomic E-state index is 11.9. The average Bonchev–Trinajstić information content (AvgIpc) is 2.31. The molecule has 3 N–H and O–H groups in total. The molecule has 6 heteroatoms. The summed E-state index contributed by atoms with van der Waals surface area (Å²) >= 11 is 5.79. The molecule has 0 saturated carbocycles. The van der Waals surface area contributed by atoms with Gasteiger partial charge in [-0.1, -0.05) is 11.6 Å². The highest BCUT2D eigenvalue weighted by molar-refractivity contribution is 6.31. The van der Waals surface area contributed by atoms with Gasteiger partial charge in [-0.05, 0) is 39.0 Å². The number of benzene rings is 1. The number of carbonyl (C=O) groups is 2. The number of hydrogen-bond donors (Lipinski definition) is 2. The Morgan fingerprint density at radius 2 is 1.95 bits per heavy atom. The number of nitrogens with two attached hydrogens (primary N) is 1. The first-order valence-electron chi connectivity index (χ1n) is 5.87. The molecule has 19 heavy (non-hydrogen) atoms. The number of amides is 1. The summed E-state index contributed by atoms with van der Waals surface area (Å²) in [6.45, 7) is 5.14. The number of hydrogen-bond acceptors (Lipinski definition) is 4. The summed E-state index contributed by atoms with van der Waals surface area (Å²) < 4.78 is 5.05. The molecular weight excluding hydrogens is 268 g/mol. The summed E-state index contributed by atoms with van der Waals surface area (Å²) in [4.78, 5) is 23.5. The van der Waals surface area contributed by atoms with Gasteiger partial charge >= 0.3 is 5.97 Å². The number of halogens is 1. The molecule has 0 bridgehead atoms. The fourth-order valence-electron chi connectivity index (χ4n) is 1.38. The zero-order valence-electron chi connectivity index (χ0n) is 11.1. The summed E-state index contributed by atoms with van der Waals surface area (Å²) in [6.07, 6.45) is -0.895. The molecule has 0 heterocycles. The normalized spacial score (nSPS) is 12.1. The maximum atomic E-state index is 11.9. The quantitative estimate of drug-likeness (QED) is 0.654. The van der Waals surface area contributed by atoms with E-state index in [1.165, 1.54) is 19.1 Å².